The van der Waals surface area contributed by atoms with Crippen molar-refractivity contribution in [1.82, 2.24) is 0 Å². The molecule has 1 aliphatic rings. The second-order valence-electron chi connectivity index (χ2n) is 7.53. The summed E-state index contributed by atoms with van der Waals surface area (Å²) in [6, 6.07) is 20.2. The van der Waals surface area contributed by atoms with Crippen molar-refractivity contribution in [3.8, 4) is 0 Å². The summed E-state index contributed by atoms with van der Waals surface area (Å²) in [5, 5.41) is 0. The molecule has 2 aromatic carbocycles. The highest BCUT2D eigenvalue weighted by atomic mass is 32.2. The summed E-state index contributed by atoms with van der Waals surface area (Å²) in [5.74, 6) is 0.598. The summed E-state index contributed by atoms with van der Waals surface area (Å²) in [7, 11) is 0.00703. The van der Waals surface area contributed by atoms with Crippen molar-refractivity contribution in [2.24, 2.45) is 5.92 Å². The van der Waals surface area contributed by atoms with Crippen LogP contribution in [0.1, 0.15) is 39.7 Å². The predicted octanol–water partition coefficient (Wildman–Crippen LogP) is 6.50. The molecule has 124 valence electrons. The molecule has 0 N–H and O–H groups in total. The molecule has 0 saturated heterocycles. The van der Waals surface area contributed by atoms with Gasteiger partial charge in [-0.05, 0) is 47.7 Å². The van der Waals surface area contributed by atoms with Crippen LogP contribution >= 0.6 is 0 Å². The maximum atomic E-state index is 2.35. The smallest absolute Gasteiger partial charge is 0.0836 e. The summed E-state index contributed by atoms with van der Waals surface area (Å²) in [6.07, 6.45) is 7.98. The molecule has 24 heavy (non-hydrogen) atoms. The number of hydrogen-bond acceptors (Lipinski definition) is 0. The first-order valence-electron chi connectivity index (χ1n) is 8.73. The van der Waals surface area contributed by atoms with Gasteiger partial charge in [0.15, 0.2) is 9.79 Å². The quantitative estimate of drug-likeness (QED) is 0.562. The molecule has 0 nitrogen and oxygen atoms in total. The van der Waals surface area contributed by atoms with E-state index in [2.05, 4.69) is 101 Å². The zero-order chi connectivity index (χ0) is 17.2. The molecule has 0 aromatic heterocycles. The Morgan fingerprint density at radius 3 is 2.08 bits per heavy atom. The van der Waals surface area contributed by atoms with E-state index in [0.29, 0.717) is 5.92 Å². The molecule has 0 heterocycles. The maximum absolute atomic E-state index is 2.35. The first-order valence-corrected chi connectivity index (χ1v) is 9.96. The van der Waals surface area contributed by atoms with Gasteiger partial charge in [-0.3, -0.25) is 0 Å². The maximum Gasteiger partial charge on any atom is 0.166 e. The van der Waals surface area contributed by atoms with Crippen LogP contribution in [-0.4, -0.2) is 0 Å². The van der Waals surface area contributed by atoms with Crippen LogP contribution in [0.2, 0.25) is 0 Å². The van der Waals surface area contributed by atoms with Crippen molar-refractivity contribution in [3.05, 3.63) is 83.3 Å². The fraction of sp³-hybridized carbons (Fsp3) is 0.304. The van der Waals surface area contributed by atoms with Gasteiger partial charge >= 0.3 is 0 Å². The van der Waals surface area contributed by atoms with Gasteiger partial charge in [0.1, 0.15) is 4.91 Å². The Morgan fingerprint density at radius 1 is 0.875 bits per heavy atom. The Labute approximate surface area is 149 Å². The zero-order valence-corrected chi connectivity index (χ0v) is 15.9. The lowest BCUT2D eigenvalue weighted by Crippen LogP contribution is -2.15. The first-order chi connectivity index (χ1) is 11.5. The van der Waals surface area contributed by atoms with Crippen molar-refractivity contribution in [1.29, 1.82) is 0 Å². The second-order valence-corrected chi connectivity index (χ2v) is 9.55. The van der Waals surface area contributed by atoms with Gasteiger partial charge in [-0.15, -0.1) is 0 Å². The molecule has 1 heteroatoms. The van der Waals surface area contributed by atoms with E-state index in [1.807, 2.05) is 0 Å². The number of rotatable bonds is 3. The normalized spacial score (nSPS) is 19.0. The van der Waals surface area contributed by atoms with Gasteiger partial charge in [0, 0.05) is 5.92 Å². The Balaban J connectivity index is 2.05. The molecule has 0 aliphatic heterocycles. The Bertz CT molecular complexity index is 730. The third-order valence-corrected chi connectivity index (χ3v) is 7.04. The van der Waals surface area contributed by atoms with Gasteiger partial charge in [0.25, 0.3) is 0 Å². The number of hydrogen-bond donors (Lipinski definition) is 0. The molecule has 0 saturated carbocycles. The molecule has 0 bridgehead atoms. The average Bonchev–Trinajstić information content (AvgIpc) is 2.58. The van der Waals surface area contributed by atoms with Crippen LogP contribution in [-0.2, 0) is 16.3 Å². The van der Waals surface area contributed by atoms with Gasteiger partial charge in [-0.1, -0.05) is 70.2 Å². The van der Waals surface area contributed by atoms with Crippen LogP contribution in [0.25, 0.3) is 0 Å². The highest BCUT2D eigenvalue weighted by Crippen LogP contribution is 2.37. The zero-order valence-electron chi connectivity index (χ0n) is 15.1. The van der Waals surface area contributed by atoms with Crippen molar-refractivity contribution in [3.63, 3.8) is 0 Å². The van der Waals surface area contributed by atoms with E-state index in [1.165, 1.54) is 15.4 Å². The van der Waals surface area contributed by atoms with Crippen molar-refractivity contribution in [2.75, 3.05) is 0 Å². The van der Waals surface area contributed by atoms with Crippen LogP contribution in [0, 0.1) is 5.92 Å². The van der Waals surface area contributed by atoms with E-state index in [0.717, 1.165) is 6.42 Å². The molecule has 0 spiro atoms. The Kier molecular flexibility index (Phi) is 5.01. The average molecular weight is 336 g/mol. The van der Waals surface area contributed by atoms with E-state index in [9.17, 15) is 0 Å². The standard InChI is InChI=1S/C23H27S/c1-18-10-8-9-13-22(18)24(20-11-6-5-7-12-20)21-16-14-19(15-17-21)23(2,3)4/h5-9,11-18H,10H2,1-4H3/q+1. The highest BCUT2D eigenvalue weighted by Gasteiger charge is 2.34. The summed E-state index contributed by atoms with van der Waals surface area (Å²) in [5.41, 5.74) is 1.60. The van der Waals surface area contributed by atoms with E-state index in [1.54, 1.807) is 4.91 Å². The third-order valence-electron chi connectivity index (χ3n) is 4.54. The molecule has 2 aromatic rings. The lowest BCUT2D eigenvalue weighted by Gasteiger charge is -2.20. The molecule has 2 unspecified atom stereocenters. The largest absolute Gasteiger partial charge is 0.166 e. The molecule has 0 fully saturated rings. The van der Waals surface area contributed by atoms with Crippen molar-refractivity contribution < 1.29 is 0 Å². The summed E-state index contributed by atoms with van der Waals surface area (Å²) in [6.45, 7) is 9.17. The van der Waals surface area contributed by atoms with Gasteiger partial charge in [0.2, 0.25) is 0 Å². The van der Waals surface area contributed by atoms with E-state index in [-0.39, 0.29) is 16.3 Å². The van der Waals surface area contributed by atoms with Gasteiger partial charge < -0.3 is 0 Å². The van der Waals surface area contributed by atoms with Crippen LogP contribution in [0.3, 0.4) is 0 Å². The highest BCUT2D eigenvalue weighted by molar-refractivity contribution is 8.00. The minimum absolute atomic E-state index is 0.00703. The van der Waals surface area contributed by atoms with Gasteiger partial charge in [-0.2, -0.15) is 0 Å². The van der Waals surface area contributed by atoms with Gasteiger partial charge in [-0.25, -0.2) is 0 Å². The third kappa shape index (κ3) is 3.67. The van der Waals surface area contributed by atoms with Crippen molar-refractivity contribution in [2.45, 2.75) is 49.3 Å². The molecular weight excluding hydrogens is 308 g/mol. The number of benzene rings is 2. The predicted molar refractivity (Wildman–Crippen MR) is 106 cm³/mol. The molecule has 0 amide bonds. The molecular formula is C23H27S+. The molecule has 1 aliphatic carbocycles. The van der Waals surface area contributed by atoms with Crippen LogP contribution in [0.15, 0.2) is 87.5 Å². The second kappa shape index (κ2) is 7.03. The van der Waals surface area contributed by atoms with E-state index < -0.39 is 0 Å². The summed E-state index contributed by atoms with van der Waals surface area (Å²) >= 11 is 0. The van der Waals surface area contributed by atoms with E-state index in [4.69, 9.17) is 0 Å². The number of allylic oxidation sites excluding steroid dienone is 4. The Morgan fingerprint density at radius 2 is 1.50 bits per heavy atom. The van der Waals surface area contributed by atoms with E-state index >= 15 is 0 Å². The Hall–Kier alpha value is -1.73. The molecule has 0 radical (unpaired) electrons. The fourth-order valence-electron chi connectivity index (χ4n) is 3.05. The lowest BCUT2D eigenvalue weighted by atomic mass is 9.87. The monoisotopic (exact) mass is 335 g/mol. The lowest BCUT2D eigenvalue weighted by molar-refractivity contribution is 0.589. The van der Waals surface area contributed by atoms with Crippen molar-refractivity contribution >= 4 is 10.9 Å². The van der Waals surface area contributed by atoms with Crippen LogP contribution < -0.4 is 0 Å². The fourth-order valence-corrected chi connectivity index (χ4v) is 5.42. The summed E-state index contributed by atoms with van der Waals surface area (Å²) in [4.78, 5) is 4.38. The molecule has 3 rings (SSSR count). The molecule has 2 atom stereocenters. The minimum Gasteiger partial charge on any atom is -0.0836 e. The first kappa shape index (κ1) is 17.1. The van der Waals surface area contributed by atoms with Gasteiger partial charge in [0.05, 0.1) is 10.9 Å². The summed E-state index contributed by atoms with van der Waals surface area (Å²) < 4.78 is 0. The van der Waals surface area contributed by atoms with Crippen LogP contribution in [0.5, 0.6) is 0 Å². The SMILES string of the molecule is CC1CC=CC=C1[S+](c1ccccc1)c1ccc(C(C)(C)C)cc1. The topological polar surface area (TPSA) is 0 Å². The minimum atomic E-state index is 0.00703. The van der Waals surface area contributed by atoms with Crippen LogP contribution in [0.4, 0.5) is 0 Å².